The fourth-order valence-corrected chi connectivity index (χ4v) is 4.15. The predicted octanol–water partition coefficient (Wildman–Crippen LogP) is 4.68. The smallest absolute Gasteiger partial charge is 0.248 e. The second kappa shape index (κ2) is 9.37. The Labute approximate surface area is 169 Å². The molecule has 2 aromatic carbocycles. The van der Waals surface area contributed by atoms with Crippen molar-refractivity contribution in [3.63, 3.8) is 0 Å². The van der Waals surface area contributed by atoms with Crippen molar-refractivity contribution >= 4 is 50.9 Å². The minimum Gasteiger partial charge on any atom is -0.322 e. The molecule has 0 aliphatic carbocycles. The molecule has 0 fully saturated rings. The Morgan fingerprint density at radius 1 is 1.04 bits per heavy atom. The fraction of sp³-hybridized carbons (Fsp3) is 0.211. The standard InChI is InChI=1S/C19H20Cl2N2O3S/c1-3-23(4-2)27(25,26)16-9-5-14(6-10-16)7-12-19(24)22-15-8-11-17(20)18(21)13-15/h5-13H,3-4H2,1-2H3,(H,22,24)/b12-7+. The molecule has 1 N–H and O–H groups in total. The Hall–Kier alpha value is -1.86. The second-order valence-electron chi connectivity index (χ2n) is 5.61. The first-order valence-electron chi connectivity index (χ1n) is 8.32. The number of sulfonamides is 1. The van der Waals surface area contributed by atoms with E-state index in [9.17, 15) is 13.2 Å². The van der Waals surface area contributed by atoms with E-state index in [1.165, 1.54) is 22.5 Å². The van der Waals surface area contributed by atoms with Crippen LogP contribution in [0.3, 0.4) is 0 Å². The zero-order chi connectivity index (χ0) is 20.0. The molecule has 0 bridgehead atoms. The van der Waals surface area contributed by atoms with Gasteiger partial charge in [0.2, 0.25) is 15.9 Å². The van der Waals surface area contributed by atoms with E-state index in [0.29, 0.717) is 34.4 Å². The van der Waals surface area contributed by atoms with Crippen LogP contribution in [0.15, 0.2) is 53.4 Å². The van der Waals surface area contributed by atoms with Crippen molar-refractivity contribution in [2.75, 3.05) is 18.4 Å². The molecular formula is C19H20Cl2N2O3S. The maximum absolute atomic E-state index is 12.5. The first-order chi connectivity index (χ1) is 12.8. The van der Waals surface area contributed by atoms with Gasteiger partial charge in [0.25, 0.3) is 0 Å². The highest BCUT2D eigenvalue weighted by Gasteiger charge is 2.20. The molecule has 27 heavy (non-hydrogen) atoms. The summed E-state index contributed by atoms with van der Waals surface area (Å²) in [7, 11) is -3.49. The van der Waals surface area contributed by atoms with Crippen LogP contribution in [0, 0.1) is 0 Å². The molecule has 0 spiro atoms. The number of hydrogen-bond acceptors (Lipinski definition) is 3. The summed E-state index contributed by atoms with van der Waals surface area (Å²) in [5, 5.41) is 3.43. The summed E-state index contributed by atoms with van der Waals surface area (Å²) in [6.07, 6.45) is 2.96. The topological polar surface area (TPSA) is 66.5 Å². The highest BCUT2D eigenvalue weighted by atomic mass is 35.5. The van der Waals surface area contributed by atoms with E-state index in [-0.39, 0.29) is 10.8 Å². The molecule has 5 nitrogen and oxygen atoms in total. The van der Waals surface area contributed by atoms with Gasteiger partial charge in [-0.05, 0) is 42.0 Å². The van der Waals surface area contributed by atoms with Crippen molar-refractivity contribution in [1.29, 1.82) is 0 Å². The lowest BCUT2D eigenvalue weighted by Gasteiger charge is -2.18. The maximum Gasteiger partial charge on any atom is 0.248 e. The number of anilines is 1. The molecule has 0 saturated heterocycles. The lowest BCUT2D eigenvalue weighted by Crippen LogP contribution is -2.30. The van der Waals surface area contributed by atoms with Gasteiger partial charge in [0.05, 0.1) is 14.9 Å². The summed E-state index contributed by atoms with van der Waals surface area (Å²) in [5.41, 5.74) is 1.23. The normalized spacial score (nSPS) is 11.9. The third-order valence-electron chi connectivity index (χ3n) is 3.84. The van der Waals surface area contributed by atoms with Gasteiger partial charge in [-0.25, -0.2) is 8.42 Å². The summed E-state index contributed by atoms with van der Waals surface area (Å²) in [6.45, 7) is 4.42. The Balaban J connectivity index is 2.07. The Bertz CT molecular complexity index is 938. The molecule has 2 aromatic rings. The van der Waals surface area contributed by atoms with E-state index < -0.39 is 10.0 Å². The number of benzene rings is 2. The number of amides is 1. The number of halogens is 2. The third kappa shape index (κ3) is 5.56. The quantitative estimate of drug-likeness (QED) is 0.653. The lowest BCUT2D eigenvalue weighted by atomic mass is 10.2. The molecule has 0 unspecified atom stereocenters. The summed E-state index contributed by atoms with van der Waals surface area (Å²) in [4.78, 5) is 12.2. The SMILES string of the molecule is CCN(CC)S(=O)(=O)c1ccc(/C=C/C(=O)Nc2ccc(Cl)c(Cl)c2)cc1. The summed E-state index contributed by atoms with van der Waals surface area (Å²) < 4.78 is 26.3. The molecule has 1 amide bonds. The van der Waals surface area contributed by atoms with Crippen molar-refractivity contribution in [3.05, 3.63) is 64.1 Å². The van der Waals surface area contributed by atoms with Crippen molar-refractivity contribution in [3.8, 4) is 0 Å². The van der Waals surface area contributed by atoms with Gasteiger partial charge in [-0.15, -0.1) is 0 Å². The molecule has 0 saturated carbocycles. The van der Waals surface area contributed by atoms with Crippen LogP contribution in [-0.4, -0.2) is 31.7 Å². The van der Waals surface area contributed by atoms with Crippen LogP contribution in [-0.2, 0) is 14.8 Å². The van der Waals surface area contributed by atoms with Gasteiger partial charge < -0.3 is 5.32 Å². The molecule has 0 heterocycles. The molecule has 144 valence electrons. The van der Waals surface area contributed by atoms with Gasteiger partial charge in [-0.2, -0.15) is 4.31 Å². The minimum atomic E-state index is -3.49. The van der Waals surface area contributed by atoms with E-state index in [1.807, 2.05) is 0 Å². The zero-order valence-corrected chi connectivity index (χ0v) is 17.3. The lowest BCUT2D eigenvalue weighted by molar-refractivity contribution is -0.111. The largest absolute Gasteiger partial charge is 0.322 e. The van der Waals surface area contributed by atoms with Crippen LogP contribution in [0.25, 0.3) is 6.08 Å². The average Bonchev–Trinajstić information content (AvgIpc) is 2.64. The van der Waals surface area contributed by atoms with Crippen molar-refractivity contribution < 1.29 is 13.2 Å². The van der Waals surface area contributed by atoms with Crippen molar-refractivity contribution in [2.45, 2.75) is 18.7 Å². The van der Waals surface area contributed by atoms with E-state index in [4.69, 9.17) is 23.2 Å². The van der Waals surface area contributed by atoms with E-state index in [1.54, 1.807) is 50.3 Å². The summed E-state index contributed by atoms with van der Waals surface area (Å²) in [6, 6.07) is 11.2. The van der Waals surface area contributed by atoms with Crippen LogP contribution in [0.4, 0.5) is 5.69 Å². The van der Waals surface area contributed by atoms with Crippen LogP contribution in [0.2, 0.25) is 10.0 Å². The first-order valence-corrected chi connectivity index (χ1v) is 10.5. The number of hydrogen-bond donors (Lipinski definition) is 1. The highest BCUT2D eigenvalue weighted by molar-refractivity contribution is 7.89. The van der Waals surface area contributed by atoms with E-state index in [0.717, 1.165) is 0 Å². The zero-order valence-electron chi connectivity index (χ0n) is 14.9. The van der Waals surface area contributed by atoms with Crippen LogP contribution in [0.1, 0.15) is 19.4 Å². The Kier molecular flexibility index (Phi) is 7.44. The van der Waals surface area contributed by atoms with E-state index >= 15 is 0 Å². The van der Waals surface area contributed by atoms with Gasteiger partial charge in [0.15, 0.2) is 0 Å². The van der Waals surface area contributed by atoms with Crippen molar-refractivity contribution in [1.82, 2.24) is 4.31 Å². The molecular weight excluding hydrogens is 407 g/mol. The fourth-order valence-electron chi connectivity index (χ4n) is 2.39. The highest BCUT2D eigenvalue weighted by Crippen LogP contribution is 2.25. The van der Waals surface area contributed by atoms with Gasteiger partial charge in [-0.1, -0.05) is 49.2 Å². The Morgan fingerprint density at radius 3 is 2.22 bits per heavy atom. The molecule has 0 aliphatic rings. The summed E-state index contributed by atoms with van der Waals surface area (Å²) in [5.74, 6) is -0.340. The number of carbonyl (C=O) groups is 1. The van der Waals surface area contributed by atoms with Gasteiger partial charge in [0.1, 0.15) is 0 Å². The number of nitrogens with one attached hydrogen (secondary N) is 1. The minimum absolute atomic E-state index is 0.226. The van der Waals surface area contributed by atoms with Gasteiger partial charge >= 0.3 is 0 Å². The van der Waals surface area contributed by atoms with Crippen LogP contribution < -0.4 is 5.32 Å². The molecule has 0 radical (unpaired) electrons. The van der Waals surface area contributed by atoms with Crippen molar-refractivity contribution in [2.24, 2.45) is 0 Å². The first kappa shape index (κ1) is 21.4. The van der Waals surface area contributed by atoms with Gasteiger partial charge in [0, 0.05) is 24.9 Å². The second-order valence-corrected chi connectivity index (χ2v) is 8.36. The summed E-state index contributed by atoms with van der Waals surface area (Å²) >= 11 is 11.7. The third-order valence-corrected chi connectivity index (χ3v) is 6.64. The Morgan fingerprint density at radius 2 is 1.67 bits per heavy atom. The number of carbonyl (C=O) groups excluding carboxylic acids is 1. The monoisotopic (exact) mass is 426 g/mol. The van der Waals surface area contributed by atoms with Crippen LogP contribution in [0.5, 0.6) is 0 Å². The van der Waals surface area contributed by atoms with E-state index in [2.05, 4.69) is 5.32 Å². The molecule has 8 heteroatoms. The molecule has 0 atom stereocenters. The number of nitrogens with zero attached hydrogens (tertiary/aromatic N) is 1. The van der Waals surface area contributed by atoms with Gasteiger partial charge in [-0.3, -0.25) is 4.79 Å². The predicted molar refractivity (Wildman–Crippen MR) is 111 cm³/mol. The van der Waals surface area contributed by atoms with Crippen LogP contribution >= 0.6 is 23.2 Å². The maximum atomic E-state index is 12.5. The molecule has 0 aromatic heterocycles. The average molecular weight is 427 g/mol. The molecule has 2 rings (SSSR count). The molecule has 0 aliphatic heterocycles. The number of rotatable bonds is 7.